The molecule has 1 fully saturated rings. The summed E-state index contributed by atoms with van der Waals surface area (Å²) >= 11 is 0. The second-order valence-corrected chi connectivity index (χ2v) is 6.01. The van der Waals surface area contributed by atoms with E-state index in [1.165, 1.54) is 0 Å². The van der Waals surface area contributed by atoms with Crippen molar-refractivity contribution in [2.45, 2.75) is 32.2 Å². The average Bonchev–Trinajstić information content (AvgIpc) is 2.88. The van der Waals surface area contributed by atoms with Gasteiger partial charge >= 0.3 is 11.7 Å². The van der Waals surface area contributed by atoms with E-state index in [4.69, 9.17) is 20.6 Å². The summed E-state index contributed by atoms with van der Waals surface area (Å²) in [6, 6.07) is 10.1. The fraction of sp³-hybridized carbons (Fsp3) is 0.412. The Labute approximate surface area is 140 Å². The number of hydrogen-bond acceptors (Lipinski definition) is 4. The first-order valence-corrected chi connectivity index (χ1v) is 7.99. The molecule has 126 valence electrons. The Hall–Kier alpha value is -2.47. The monoisotopic (exact) mass is 328 g/mol. The lowest BCUT2D eigenvalue weighted by atomic mass is 10.0. The first-order chi connectivity index (χ1) is 11.7. The van der Waals surface area contributed by atoms with Crippen molar-refractivity contribution >= 4 is 23.8 Å². The number of benzene rings is 1. The molecule has 4 N–H and O–H groups in total. The van der Waals surface area contributed by atoms with Crippen molar-refractivity contribution in [2.24, 2.45) is 16.6 Å². The topological polar surface area (TPSA) is 107 Å². The van der Waals surface area contributed by atoms with Crippen LogP contribution in [0.1, 0.15) is 18.9 Å². The zero-order valence-electron chi connectivity index (χ0n) is 13.6. The maximum Gasteiger partial charge on any atom is 0.359 e. The Balaban J connectivity index is 1.51. The van der Waals surface area contributed by atoms with E-state index in [0.717, 1.165) is 24.2 Å². The van der Waals surface area contributed by atoms with Gasteiger partial charge in [0.1, 0.15) is 6.34 Å². The lowest BCUT2D eigenvalue weighted by Crippen LogP contribution is -2.56. The van der Waals surface area contributed by atoms with E-state index in [0.29, 0.717) is 25.0 Å². The number of hydrogen-bond donors (Lipinski definition) is 3. The molecule has 2 aliphatic rings. The van der Waals surface area contributed by atoms with Crippen LogP contribution in [0.15, 0.2) is 35.3 Å². The maximum absolute atomic E-state index is 6.91. The highest BCUT2D eigenvalue weighted by Gasteiger charge is 2.43. The van der Waals surface area contributed by atoms with E-state index in [-0.39, 0.29) is 18.0 Å². The van der Waals surface area contributed by atoms with Crippen molar-refractivity contribution in [1.82, 2.24) is 9.98 Å². The van der Waals surface area contributed by atoms with Gasteiger partial charge in [-0.3, -0.25) is 5.41 Å². The van der Waals surface area contributed by atoms with Gasteiger partial charge in [-0.05, 0) is 17.9 Å². The van der Waals surface area contributed by atoms with Crippen molar-refractivity contribution in [3.05, 3.63) is 35.9 Å². The Kier molecular flexibility index (Phi) is 5.05. The molecule has 2 heterocycles. The molecule has 0 aromatic heterocycles. The fourth-order valence-corrected chi connectivity index (χ4v) is 2.89. The van der Waals surface area contributed by atoms with Crippen LogP contribution in [-0.4, -0.2) is 42.7 Å². The third-order valence-electron chi connectivity index (χ3n) is 4.10. The predicted octanol–water partition coefficient (Wildman–Crippen LogP) is 0.428. The van der Waals surface area contributed by atoms with Crippen molar-refractivity contribution in [3.63, 3.8) is 0 Å². The maximum atomic E-state index is 6.91. The molecule has 0 spiro atoms. The average molecular weight is 328 g/mol. The van der Waals surface area contributed by atoms with Crippen LogP contribution in [0.5, 0.6) is 0 Å². The van der Waals surface area contributed by atoms with E-state index in [1.54, 1.807) is 0 Å². The number of rotatable bonds is 7. The SMILES string of the molecule is CC1CC(COCc2ccccc2)OC1C1=[N+]=C(C(N)=NC=N)N1. The van der Waals surface area contributed by atoms with Gasteiger partial charge in [0.05, 0.1) is 19.3 Å². The molecule has 0 radical (unpaired) electrons. The Morgan fingerprint density at radius 3 is 2.96 bits per heavy atom. The van der Waals surface area contributed by atoms with Crippen molar-refractivity contribution < 1.29 is 9.47 Å². The standard InChI is InChI=1S/C17H21N5O2/c1-11-7-13(9-23-8-12-5-3-2-4-6-12)24-14(11)16-21-17(22-16)15(19)20-10-18/h2-6,10-11,13-14H,7-9H2,1H3,(H3,18,19,20)/p+1. The summed E-state index contributed by atoms with van der Waals surface area (Å²) in [6.45, 7) is 3.30. The summed E-state index contributed by atoms with van der Waals surface area (Å²) < 4.78 is 16.1. The molecule has 2 aliphatic heterocycles. The molecule has 24 heavy (non-hydrogen) atoms. The summed E-state index contributed by atoms with van der Waals surface area (Å²) in [6.07, 6.45) is 1.81. The van der Waals surface area contributed by atoms with E-state index >= 15 is 0 Å². The first kappa shape index (κ1) is 16.4. The minimum Gasteiger partial charge on any atom is -0.377 e. The Morgan fingerprint density at radius 2 is 2.25 bits per heavy atom. The summed E-state index contributed by atoms with van der Waals surface area (Å²) in [5.41, 5.74) is 6.82. The third-order valence-corrected chi connectivity index (χ3v) is 4.10. The molecule has 0 amide bonds. The molecule has 1 saturated heterocycles. The summed E-state index contributed by atoms with van der Waals surface area (Å²) in [5.74, 6) is 1.82. The van der Waals surface area contributed by atoms with Crippen LogP contribution < -0.4 is 15.7 Å². The number of amidine groups is 3. The van der Waals surface area contributed by atoms with Gasteiger partial charge in [0.2, 0.25) is 5.84 Å². The number of nitrogens with zero attached hydrogens (tertiary/aromatic N) is 2. The van der Waals surface area contributed by atoms with Gasteiger partial charge in [-0.2, -0.15) is 0 Å². The summed E-state index contributed by atoms with van der Waals surface area (Å²) in [5, 5.41) is 9.99. The van der Waals surface area contributed by atoms with Gasteiger partial charge in [-0.15, -0.1) is 0 Å². The van der Waals surface area contributed by atoms with Gasteiger partial charge in [-0.25, -0.2) is 15.0 Å². The van der Waals surface area contributed by atoms with E-state index in [1.807, 2.05) is 30.3 Å². The highest BCUT2D eigenvalue weighted by Crippen LogP contribution is 2.27. The number of nitrogens with two attached hydrogens (primary N) is 1. The molecule has 0 aliphatic carbocycles. The minimum atomic E-state index is -0.0770. The molecule has 3 atom stereocenters. The number of ether oxygens (including phenoxy) is 2. The van der Waals surface area contributed by atoms with E-state index in [9.17, 15) is 0 Å². The van der Waals surface area contributed by atoms with Crippen molar-refractivity contribution in [1.29, 1.82) is 5.41 Å². The van der Waals surface area contributed by atoms with E-state index in [2.05, 4.69) is 21.9 Å². The van der Waals surface area contributed by atoms with Crippen LogP contribution in [0, 0.1) is 11.3 Å². The zero-order valence-corrected chi connectivity index (χ0v) is 13.6. The Bertz CT molecular complexity index is 694. The summed E-state index contributed by atoms with van der Waals surface area (Å²) in [7, 11) is 0. The van der Waals surface area contributed by atoms with Crippen LogP contribution in [0.25, 0.3) is 0 Å². The molecule has 0 bridgehead atoms. The molecule has 3 unspecified atom stereocenters. The van der Waals surface area contributed by atoms with E-state index < -0.39 is 0 Å². The first-order valence-electron chi connectivity index (χ1n) is 7.99. The van der Waals surface area contributed by atoms with Gasteiger partial charge in [0.25, 0.3) is 0 Å². The van der Waals surface area contributed by atoms with Crippen molar-refractivity contribution in [3.8, 4) is 0 Å². The highest BCUT2D eigenvalue weighted by atomic mass is 16.5. The predicted molar refractivity (Wildman–Crippen MR) is 94.2 cm³/mol. The fourth-order valence-electron chi connectivity index (χ4n) is 2.89. The highest BCUT2D eigenvalue weighted by molar-refractivity contribution is 6.46. The van der Waals surface area contributed by atoms with Gasteiger partial charge in [0, 0.05) is 0 Å². The second-order valence-electron chi connectivity index (χ2n) is 6.01. The Morgan fingerprint density at radius 1 is 1.50 bits per heavy atom. The molecule has 7 nitrogen and oxygen atoms in total. The summed E-state index contributed by atoms with van der Waals surface area (Å²) in [4.78, 5) is 3.68. The van der Waals surface area contributed by atoms with Crippen LogP contribution in [0.4, 0.5) is 0 Å². The molecule has 7 heteroatoms. The van der Waals surface area contributed by atoms with Crippen LogP contribution in [0.2, 0.25) is 0 Å². The normalized spacial score (nSPS) is 26.2. The minimum absolute atomic E-state index is 0.0647. The molecular formula is C17H22N5O2+. The largest absolute Gasteiger partial charge is 0.377 e. The van der Waals surface area contributed by atoms with Crippen LogP contribution in [0.3, 0.4) is 0 Å². The van der Waals surface area contributed by atoms with Crippen LogP contribution in [-0.2, 0) is 16.1 Å². The van der Waals surface area contributed by atoms with Crippen LogP contribution >= 0.6 is 0 Å². The smallest absolute Gasteiger partial charge is 0.359 e. The molecule has 1 aromatic carbocycles. The number of aliphatic imine (C=N–C) groups is 1. The lowest BCUT2D eigenvalue weighted by molar-refractivity contribution is -0.00445. The third kappa shape index (κ3) is 3.71. The number of nitrogens with one attached hydrogen (secondary N) is 2. The molecule has 0 saturated carbocycles. The van der Waals surface area contributed by atoms with Crippen molar-refractivity contribution in [2.75, 3.05) is 6.61 Å². The van der Waals surface area contributed by atoms with Gasteiger partial charge in [0.15, 0.2) is 6.10 Å². The zero-order chi connectivity index (χ0) is 16.9. The molecule has 3 rings (SSSR count). The second kappa shape index (κ2) is 7.40. The lowest BCUT2D eigenvalue weighted by Gasteiger charge is -2.16. The quantitative estimate of drug-likeness (QED) is 0.383. The molecular weight excluding hydrogens is 306 g/mol. The van der Waals surface area contributed by atoms with Gasteiger partial charge < -0.3 is 15.2 Å². The molecule has 1 aromatic rings. The van der Waals surface area contributed by atoms with Gasteiger partial charge in [-0.1, -0.05) is 37.3 Å².